The van der Waals surface area contributed by atoms with Crippen LogP contribution in [0, 0.1) is 23.2 Å². The Balaban J connectivity index is 1.61. The summed E-state index contributed by atoms with van der Waals surface area (Å²) in [5.41, 5.74) is 0.512. The van der Waals surface area contributed by atoms with Crippen LogP contribution in [0.4, 0.5) is 5.82 Å². The second-order valence-corrected chi connectivity index (χ2v) is 6.35. The zero-order valence-corrected chi connectivity index (χ0v) is 12.9. The number of piperidine rings is 1. The molecule has 1 aromatic rings. The summed E-state index contributed by atoms with van der Waals surface area (Å²) in [7, 11) is 0. The van der Waals surface area contributed by atoms with Crippen LogP contribution in [-0.2, 0) is 4.74 Å². The third-order valence-corrected chi connectivity index (χ3v) is 4.93. The quantitative estimate of drug-likeness (QED) is 0.841. The van der Waals surface area contributed by atoms with E-state index in [9.17, 15) is 0 Å². The Kier molecular flexibility index (Phi) is 4.62. The fourth-order valence-corrected chi connectivity index (χ4v) is 3.73. The minimum atomic E-state index is 0.512. The van der Waals surface area contributed by atoms with Crippen molar-refractivity contribution in [3.05, 3.63) is 22.8 Å². The van der Waals surface area contributed by atoms with Gasteiger partial charge in [-0.1, -0.05) is 11.6 Å². The molecule has 1 aromatic heterocycles. The number of rotatable bonds is 2. The smallest absolute Gasteiger partial charge is 0.147 e. The standard InChI is InChI=1S/C16H20ClN3O/c17-15-8-12(9-18)10-19-16(15)20-5-3-13(4-6-20)14-2-1-7-21-11-14/h8,10,13-14H,1-7,11H2. The summed E-state index contributed by atoms with van der Waals surface area (Å²) in [5, 5.41) is 9.45. The van der Waals surface area contributed by atoms with Gasteiger partial charge in [-0.2, -0.15) is 5.26 Å². The van der Waals surface area contributed by atoms with Gasteiger partial charge in [0.15, 0.2) is 0 Å². The number of anilines is 1. The van der Waals surface area contributed by atoms with Crippen LogP contribution in [0.15, 0.2) is 12.3 Å². The van der Waals surface area contributed by atoms with Gasteiger partial charge in [-0.25, -0.2) is 4.98 Å². The zero-order valence-electron chi connectivity index (χ0n) is 12.1. The molecule has 21 heavy (non-hydrogen) atoms. The van der Waals surface area contributed by atoms with Crippen LogP contribution in [0.25, 0.3) is 0 Å². The Bertz CT molecular complexity index is 529. The lowest BCUT2D eigenvalue weighted by molar-refractivity contribution is 0.0253. The maximum Gasteiger partial charge on any atom is 0.147 e. The molecular formula is C16H20ClN3O. The monoisotopic (exact) mass is 305 g/mol. The minimum absolute atomic E-state index is 0.512. The molecule has 0 saturated carbocycles. The van der Waals surface area contributed by atoms with Gasteiger partial charge in [0.2, 0.25) is 0 Å². The first-order valence-corrected chi connectivity index (χ1v) is 8.04. The molecule has 2 saturated heterocycles. The van der Waals surface area contributed by atoms with Crippen LogP contribution < -0.4 is 4.90 Å². The summed E-state index contributed by atoms with van der Waals surface area (Å²) in [5.74, 6) is 2.30. The first-order valence-electron chi connectivity index (χ1n) is 7.66. The highest BCUT2D eigenvalue weighted by atomic mass is 35.5. The highest BCUT2D eigenvalue weighted by Crippen LogP contribution is 2.33. The van der Waals surface area contributed by atoms with Gasteiger partial charge in [0.25, 0.3) is 0 Å². The molecular weight excluding hydrogens is 286 g/mol. The first-order chi connectivity index (χ1) is 10.3. The van der Waals surface area contributed by atoms with E-state index in [2.05, 4.69) is 16.0 Å². The van der Waals surface area contributed by atoms with Crippen molar-refractivity contribution < 1.29 is 4.74 Å². The molecule has 0 radical (unpaired) electrons. The molecule has 3 heterocycles. The van der Waals surface area contributed by atoms with Crippen molar-refractivity contribution in [1.29, 1.82) is 5.26 Å². The van der Waals surface area contributed by atoms with Crippen molar-refractivity contribution >= 4 is 17.4 Å². The van der Waals surface area contributed by atoms with Gasteiger partial charge >= 0.3 is 0 Å². The molecule has 1 unspecified atom stereocenters. The highest BCUT2D eigenvalue weighted by molar-refractivity contribution is 6.33. The lowest BCUT2D eigenvalue weighted by Gasteiger charge is -2.38. The fraction of sp³-hybridized carbons (Fsp3) is 0.625. The lowest BCUT2D eigenvalue weighted by atomic mass is 9.81. The Morgan fingerprint density at radius 1 is 1.29 bits per heavy atom. The number of halogens is 1. The number of nitriles is 1. The molecule has 0 aromatic carbocycles. The first kappa shape index (κ1) is 14.6. The van der Waals surface area contributed by atoms with Crippen LogP contribution in [0.5, 0.6) is 0 Å². The van der Waals surface area contributed by atoms with Gasteiger partial charge in [-0.15, -0.1) is 0 Å². The van der Waals surface area contributed by atoms with Crippen molar-refractivity contribution in [1.82, 2.24) is 4.98 Å². The molecule has 2 aliphatic heterocycles. The van der Waals surface area contributed by atoms with Crippen LogP contribution in [-0.4, -0.2) is 31.3 Å². The van der Waals surface area contributed by atoms with Crippen LogP contribution in [0.2, 0.25) is 5.02 Å². The summed E-state index contributed by atoms with van der Waals surface area (Å²) in [4.78, 5) is 6.60. The topological polar surface area (TPSA) is 49.2 Å². The van der Waals surface area contributed by atoms with E-state index in [1.807, 2.05) is 0 Å². The SMILES string of the molecule is N#Cc1cnc(N2CCC(C3CCCOC3)CC2)c(Cl)c1. The maximum absolute atomic E-state index is 8.87. The van der Waals surface area contributed by atoms with E-state index in [4.69, 9.17) is 21.6 Å². The summed E-state index contributed by atoms with van der Waals surface area (Å²) < 4.78 is 5.61. The van der Waals surface area contributed by atoms with Crippen LogP contribution >= 0.6 is 11.6 Å². The number of nitrogens with zero attached hydrogens (tertiary/aromatic N) is 3. The van der Waals surface area contributed by atoms with Gasteiger partial charge < -0.3 is 9.64 Å². The molecule has 0 N–H and O–H groups in total. The normalized spacial score (nSPS) is 23.8. The zero-order chi connectivity index (χ0) is 14.7. The number of hydrogen-bond donors (Lipinski definition) is 0. The third kappa shape index (κ3) is 3.30. The van der Waals surface area contributed by atoms with E-state index in [0.717, 1.165) is 44.0 Å². The van der Waals surface area contributed by atoms with E-state index in [1.165, 1.54) is 25.7 Å². The second-order valence-electron chi connectivity index (χ2n) is 5.94. The molecule has 5 heteroatoms. The van der Waals surface area contributed by atoms with E-state index < -0.39 is 0 Å². The van der Waals surface area contributed by atoms with Gasteiger partial charge in [-0.3, -0.25) is 0 Å². The van der Waals surface area contributed by atoms with Crippen LogP contribution in [0.3, 0.4) is 0 Å². The molecule has 2 aliphatic rings. The number of ether oxygens (including phenoxy) is 1. The summed E-state index contributed by atoms with van der Waals surface area (Å²) >= 11 is 6.25. The molecule has 2 fully saturated rings. The Labute approximate surface area is 130 Å². The van der Waals surface area contributed by atoms with Gasteiger partial charge in [0.1, 0.15) is 11.9 Å². The Morgan fingerprint density at radius 3 is 2.71 bits per heavy atom. The summed E-state index contributed by atoms with van der Waals surface area (Å²) in [6.07, 6.45) is 6.45. The average Bonchev–Trinajstić information content (AvgIpc) is 2.56. The van der Waals surface area contributed by atoms with Gasteiger partial charge in [-0.05, 0) is 43.6 Å². The van der Waals surface area contributed by atoms with E-state index in [1.54, 1.807) is 12.3 Å². The van der Waals surface area contributed by atoms with E-state index >= 15 is 0 Å². The van der Waals surface area contributed by atoms with Crippen molar-refractivity contribution in [3.63, 3.8) is 0 Å². The molecule has 0 bridgehead atoms. The van der Waals surface area contributed by atoms with Crippen LogP contribution in [0.1, 0.15) is 31.2 Å². The van der Waals surface area contributed by atoms with Crippen molar-refractivity contribution in [2.24, 2.45) is 11.8 Å². The molecule has 112 valence electrons. The van der Waals surface area contributed by atoms with E-state index in [-0.39, 0.29) is 0 Å². The molecule has 4 nitrogen and oxygen atoms in total. The lowest BCUT2D eigenvalue weighted by Crippen LogP contribution is -2.38. The molecule has 0 amide bonds. The highest BCUT2D eigenvalue weighted by Gasteiger charge is 2.29. The fourth-order valence-electron chi connectivity index (χ4n) is 3.44. The third-order valence-electron chi connectivity index (χ3n) is 4.65. The number of hydrogen-bond acceptors (Lipinski definition) is 4. The molecule has 1 atom stereocenters. The number of aromatic nitrogens is 1. The average molecular weight is 306 g/mol. The molecule has 3 rings (SSSR count). The molecule has 0 spiro atoms. The largest absolute Gasteiger partial charge is 0.381 e. The second kappa shape index (κ2) is 6.64. The van der Waals surface area contributed by atoms with Gasteiger partial charge in [0.05, 0.1) is 10.6 Å². The van der Waals surface area contributed by atoms with Crippen molar-refractivity contribution in [2.45, 2.75) is 25.7 Å². The Morgan fingerprint density at radius 2 is 2.10 bits per heavy atom. The summed E-state index contributed by atoms with van der Waals surface area (Å²) in [6.45, 7) is 3.83. The van der Waals surface area contributed by atoms with Crippen molar-refractivity contribution in [2.75, 3.05) is 31.2 Å². The van der Waals surface area contributed by atoms with Crippen molar-refractivity contribution in [3.8, 4) is 6.07 Å². The van der Waals surface area contributed by atoms with E-state index in [0.29, 0.717) is 10.6 Å². The number of pyridine rings is 1. The Hall–Kier alpha value is -1.31. The summed E-state index contributed by atoms with van der Waals surface area (Å²) in [6, 6.07) is 3.77. The maximum atomic E-state index is 8.87. The van der Waals surface area contributed by atoms with Gasteiger partial charge in [0, 0.05) is 32.5 Å². The minimum Gasteiger partial charge on any atom is -0.381 e. The predicted octanol–water partition coefficient (Wildman–Crippen LogP) is 3.25. The predicted molar refractivity (Wildman–Crippen MR) is 82.4 cm³/mol. The molecule has 0 aliphatic carbocycles.